The van der Waals surface area contributed by atoms with Crippen molar-refractivity contribution in [1.82, 2.24) is 20.8 Å². The average molecular weight is 378 g/mol. The van der Waals surface area contributed by atoms with Gasteiger partial charge in [0.2, 0.25) is 0 Å². The lowest BCUT2D eigenvalue weighted by molar-refractivity contribution is -0.138. The largest absolute Gasteiger partial charge is 0.469 e. The molecular weight excluding hydrogens is 360 g/mol. The highest BCUT2D eigenvalue weighted by Gasteiger charge is 2.30. The van der Waals surface area contributed by atoms with Crippen molar-refractivity contribution in [2.24, 2.45) is 0 Å². The molecule has 0 aliphatic carbocycles. The maximum atomic E-state index is 12.2. The van der Waals surface area contributed by atoms with Crippen molar-refractivity contribution in [3.8, 4) is 11.5 Å². The van der Waals surface area contributed by atoms with E-state index in [0.717, 1.165) is 5.56 Å². The molecule has 3 rings (SSSR count). The minimum atomic E-state index is -0.469. The first-order valence-electron chi connectivity index (χ1n) is 7.98. The number of ether oxygens (including phenoxy) is 1. The molecule has 0 bridgehead atoms. The van der Waals surface area contributed by atoms with Crippen LogP contribution in [0.15, 0.2) is 37.7 Å². The zero-order valence-corrected chi connectivity index (χ0v) is 15.3. The number of furan rings is 1. The van der Waals surface area contributed by atoms with Crippen molar-refractivity contribution in [2.75, 3.05) is 12.4 Å². The number of hydrogen-bond donors (Lipinski definition) is 2. The van der Waals surface area contributed by atoms with E-state index in [1.54, 1.807) is 33.1 Å². The third-order valence-electron chi connectivity index (χ3n) is 3.70. The van der Waals surface area contributed by atoms with Crippen molar-refractivity contribution >= 4 is 23.8 Å². The van der Waals surface area contributed by atoms with Crippen LogP contribution >= 0.6 is 11.8 Å². The standard InChI is InChI=1S/C16H18N4O5S/c1-4-23-14(21)12-8(2)17-15(22)18-11(12)7-26-16-20-19-13(25-16)10-5-6-24-9(10)3/h5-6,8H,4,7H2,1-3H3,(H2,17,18,22). The number of esters is 1. The molecule has 3 heterocycles. The van der Waals surface area contributed by atoms with Crippen LogP contribution in [-0.4, -0.2) is 40.6 Å². The Kier molecular flexibility index (Phi) is 5.31. The van der Waals surface area contributed by atoms with Gasteiger partial charge in [-0.2, -0.15) is 0 Å². The van der Waals surface area contributed by atoms with Crippen molar-refractivity contribution < 1.29 is 23.2 Å². The fourth-order valence-corrected chi connectivity index (χ4v) is 3.24. The fraction of sp³-hybridized carbons (Fsp3) is 0.375. The molecule has 1 aliphatic heterocycles. The molecule has 1 atom stereocenters. The van der Waals surface area contributed by atoms with Gasteiger partial charge in [-0.15, -0.1) is 10.2 Å². The molecule has 1 unspecified atom stereocenters. The first-order valence-corrected chi connectivity index (χ1v) is 8.96. The molecule has 2 aromatic heterocycles. The first kappa shape index (κ1) is 18.1. The number of urea groups is 1. The van der Waals surface area contributed by atoms with Crippen molar-refractivity contribution in [3.63, 3.8) is 0 Å². The molecule has 26 heavy (non-hydrogen) atoms. The van der Waals surface area contributed by atoms with Crippen molar-refractivity contribution in [1.29, 1.82) is 0 Å². The van der Waals surface area contributed by atoms with Gasteiger partial charge in [0.1, 0.15) is 5.76 Å². The molecule has 0 radical (unpaired) electrons. The summed E-state index contributed by atoms with van der Waals surface area (Å²) in [5.74, 6) is 0.833. The van der Waals surface area contributed by atoms with Crippen LogP contribution in [0.2, 0.25) is 0 Å². The third-order valence-corrected chi connectivity index (χ3v) is 4.55. The van der Waals surface area contributed by atoms with Crippen molar-refractivity contribution in [3.05, 3.63) is 29.4 Å². The summed E-state index contributed by atoms with van der Waals surface area (Å²) in [7, 11) is 0. The summed E-state index contributed by atoms with van der Waals surface area (Å²) in [5, 5.41) is 13.6. The molecule has 1 aliphatic rings. The van der Waals surface area contributed by atoms with Crippen LogP contribution in [0.3, 0.4) is 0 Å². The van der Waals surface area contributed by atoms with E-state index < -0.39 is 12.0 Å². The van der Waals surface area contributed by atoms with E-state index in [4.69, 9.17) is 13.6 Å². The summed E-state index contributed by atoms with van der Waals surface area (Å²) in [6.07, 6.45) is 1.55. The maximum Gasteiger partial charge on any atom is 0.337 e. The Morgan fingerprint density at radius 2 is 2.23 bits per heavy atom. The minimum absolute atomic E-state index is 0.250. The lowest BCUT2D eigenvalue weighted by Crippen LogP contribution is -2.49. The van der Waals surface area contributed by atoms with Gasteiger partial charge < -0.3 is 24.2 Å². The topological polar surface area (TPSA) is 119 Å². The summed E-state index contributed by atoms with van der Waals surface area (Å²) in [6, 6.07) is 0.916. The number of nitrogens with zero attached hydrogens (tertiary/aromatic N) is 2. The Labute approximate surface area is 153 Å². The fourth-order valence-electron chi connectivity index (χ4n) is 2.51. The van der Waals surface area contributed by atoms with Gasteiger partial charge in [-0.3, -0.25) is 0 Å². The lowest BCUT2D eigenvalue weighted by atomic mass is 10.1. The number of aryl methyl sites for hydroxylation is 1. The summed E-state index contributed by atoms with van der Waals surface area (Å²) in [6.45, 7) is 5.50. The number of rotatable bonds is 6. The maximum absolute atomic E-state index is 12.2. The normalized spacial score (nSPS) is 17.0. The van der Waals surface area contributed by atoms with E-state index >= 15 is 0 Å². The Balaban J connectivity index is 1.77. The Bertz CT molecular complexity index is 856. The summed E-state index contributed by atoms with van der Waals surface area (Å²) in [5.41, 5.74) is 1.56. The van der Waals surface area contributed by atoms with Crippen LogP contribution in [-0.2, 0) is 9.53 Å². The van der Waals surface area contributed by atoms with E-state index in [0.29, 0.717) is 28.1 Å². The van der Waals surface area contributed by atoms with Crippen LogP contribution in [0.1, 0.15) is 19.6 Å². The van der Waals surface area contributed by atoms with Gasteiger partial charge in [0.15, 0.2) is 0 Å². The Morgan fingerprint density at radius 1 is 1.42 bits per heavy atom. The quantitative estimate of drug-likeness (QED) is 0.580. The second kappa shape index (κ2) is 7.65. The molecule has 0 aromatic carbocycles. The van der Waals surface area contributed by atoms with Crippen LogP contribution in [0.4, 0.5) is 4.79 Å². The molecule has 2 amide bonds. The van der Waals surface area contributed by atoms with Crippen molar-refractivity contribution in [2.45, 2.75) is 32.0 Å². The molecule has 0 saturated heterocycles. The number of hydrogen-bond acceptors (Lipinski definition) is 8. The molecule has 10 heteroatoms. The van der Waals surface area contributed by atoms with Crippen LogP contribution in [0, 0.1) is 6.92 Å². The van der Waals surface area contributed by atoms with E-state index in [-0.39, 0.29) is 18.4 Å². The molecule has 138 valence electrons. The zero-order chi connectivity index (χ0) is 18.7. The van der Waals surface area contributed by atoms with Gasteiger partial charge in [-0.05, 0) is 26.8 Å². The number of aromatic nitrogens is 2. The second-order valence-electron chi connectivity index (χ2n) is 5.49. The highest BCUT2D eigenvalue weighted by atomic mass is 32.2. The predicted molar refractivity (Wildman–Crippen MR) is 92.2 cm³/mol. The summed E-state index contributed by atoms with van der Waals surface area (Å²) in [4.78, 5) is 23.9. The first-order chi connectivity index (χ1) is 12.5. The summed E-state index contributed by atoms with van der Waals surface area (Å²) >= 11 is 1.22. The predicted octanol–water partition coefficient (Wildman–Crippen LogP) is 2.25. The molecule has 0 spiro atoms. The van der Waals surface area contributed by atoms with E-state index in [1.165, 1.54) is 11.8 Å². The van der Waals surface area contributed by atoms with E-state index in [2.05, 4.69) is 20.8 Å². The summed E-state index contributed by atoms with van der Waals surface area (Å²) < 4.78 is 15.9. The minimum Gasteiger partial charge on any atom is -0.469 e. The molecule has 9 nitrogen and oxygen atoms in total. The highest BCUT2D eigenvalue weighted by Crippen LogP contribution is 2.28. The van der Waals surface area contributed by atoms with Crippen LogP contribution in [0.25, 0.3) is 11.5 Å². The van der Waals surface area contributed by atoms with Gasteiger partial charge in [-0.25, -0.2) is 9.59 Å². The number of nitrogens with one attached hydrogen (secondary N) is 2. The average Bonchev–Trinajstić information content (AvgIpc) is 3.21. The molecule has 0 saturated carbocycles. The number of carbonyl (C=O) groups excluding carboxylic acids is 2. The lowest BCUT2D eigenvalue weighted by Gasteiger charge is -2.26. The van der Waals surface area contributed by atoms with Gasteiger partial charge in [0.25, 0.3) is 11.1 Å². The molecule has 2 aromatic rings. The number of thioether (sulfide) groups is 1. The SMILES string of the molecule is CCOC(=O)C1=C(CSc2nnc(-c3ccoc3C)o2)NC(=O)NC1C. The molecule has 0 fully saturated rings. The smallest absolute Gasteiger partial charge is 0.337 e. The van der Waals surface area contributed by atoms with Gasteiger partial charge in [0, 0.05) is 11.4 Å². The second-order valence-corrected chi connectivity index (χ2v) is 6.41. The zero-order valence-electron chi connectivity index (χ0n) is 14.5. The molecular formula is C16H18N4O5S. The Hall–Kier alpha value is -2.75. The van der Waals surface area contributed by atoms with E-state index in [1.807, 2.05) is 0 Å². The van der Waals surface area contributed by atoms with E-state index in [9.17, 15) is 9.59 Å². The van der Waals surface area contributed by atoms with Crippen LogP contribution < -0.4 is 10.6 Å². The van der Waals surface area contributed by atoms with Gasteiger partial charge >= 0.3 is 12.0 Å². The molecule has 2 N–H and O–H groups in total. The van der Waals surface area contributed by atoms with Crippen LogP contribution in [0.5, 0.6) is 0 Å². The third kappa shape index (κ3) is 3.74. The monoisotopic (exact) mass is 378 g/mol. The van der Waals surface area contributed by atoms with Gasteiger partial charge in [-0.1, -0.05) is 11.8 Å². The highest BCUT2D eigenvalue weighted by molar-refractivity contribution is 7.99. The Morgan fingerprint density at radius 3 is 2.92 bits per heavy atom. The number of carbonyl (C=O) groups is 2. The van der Waals surface area contributed by atoms with Gasteiger partial charge in [0.05, 0.1) is 30.0 Å². The number of amides is 2.